The molecule has 0 saturated heterocycles. The number of aryl methyl sites for hydroxylation is 2. The second-order valence-electron chi connectivity index (χ2n) is 5.39. The van der Waals surface area contributed by atoms with E-state index >= 15 is 0 Å². The van der Waals surface area contributed by atoms with E-state index in [-0.39, 0.29) is 0 Å². The third-order valence-corrected chi connectivity index (χ3v) is 6.25. The van der Waals surface area contributed by atoms with Crippen LogP contribution in [0, 0.1) is 5.92 Å². The zero-order chi connectivity index (χ0) is 16.1. The van der Waals surface area contributed by atoms with Gasteiger partial charge in [0.15, 0.2) is 0 Å². The van der Waals surface area contributed by atoms with Crippen molar-refractivity contribution in [2.75, 3.05) is 0 Å². The van der Waals surface area contributed by atoms with Crippen molar-refractivity contribution in [1.82, 2.24) is 0 Å². The second kappa shape index (κ2) is 7.71. The summed E-state index contributed by atoms with van der Waals surface area (Å²) in [6.07, 6.45) is 9.25. The molecule has 3 heterocycles. The standard InChI is InChI=1S/C20H21OS2/c1-3-17-9-10-19(22-17)8-7-15(14-16-6-5-13-21-16)20-12-11-18(4-2)23-20/h5-13H,3-4,14H2,1-2H3/q-1/b8-7+. The van der Waals surface area contributed by atoms with Crippen LogP contribution in [-0.4, -0.2) is 0 Å². The van der Waals surface area contributed by atoms with Crippen molar-refractivity contribution < 1.29 is 4.42 Å². The highest BCUT2D eigenvalue weighted by molar-refractivity contribution is 7.13. The Morgan fingerprint density at radius 1 is 1.00 bits per heavy atom. The first-order valence-corrected chi connectivity index (χ1v) is 9.66. The first kappa shape index (κ1) is 16.2. The van der Waals surface area contributed by atoms with Crippen molar-refractivity contribution in [3.8, 4) is 0 Å². The Morgan fingerprint density at radius 2 is 1.78 bits per heavy atom. The van der Waals surface area contributed by atoms with Crippen LogP contribution >= 0.6 is 22.7 Å². The largest absolute Gasteiger partial charge is 0.470 e. The molecular weight excluding hydrogens is 320 g/mol. The second-order valence-corrected chi connectivity index (χ2v) is 7.76. The van der Waals surface area contributed by atoms with Crippen LogP contribution in [0.4, 0.5) is 0 Å². The van der Waals surface area contributed by atoms with E-state index < -0.39 is 0 Å². The zero-order valence-electron chi connectivity index (χ0n) is 13.5. The highest BCUT2D eigenvalue weighted by Crippen LogP contribution is 2.30. The monoisotopic (exact) mass is 341 g/mol. The lowest BCUT2D eigenvalue weighted by Crippen LogP contribution is -1.97. The van der Waals surface area contributed by atoms with Crippen molar-refractivity contribution in [2.45, 2.75) is 33.1 Å². The van der Waals surface area contributed by atoms with Gasteiger partial charge < -0.3 is 4.42 Å². The number of rotatable bonds is 7. The summed E-state index contributed by atoms with van der Waals surface area (Å²) < 4.78 is 5.54. The van der Waals surface area contributed by atoms with E-state index in [1.165, 1.54) is 25.4 Å². The predicted octanol–water partition coefficient (Wildman–Crippen LogP) is 6.41. The predicted molar refractivity (Wildman–Crippen MR) is 101 cm³/mol. The van der Waals surface area contributed by atoms with Gasteiger partial charge in [-0.05, 0) is 47.2 Å². The quantitative estimate of drug-likeness (QED) is 0.453. The Hall–Kier alpha value is -1.71. The van der Waals surface area contributed by atoms with Crippen molar-refractivity contribution in [3.05, 3.63) is 79.9 Å². The van der Waals surface area contributed by atoms with E-state index in [0.717, 1.165) is 25.0 Å². The van der Waals surface area contributed by atoms with E-state index in [1.54, 1.807) is 6.26 Å². The number of furan rings is 1. The van der Waals surface area contributed by atoms with Gasteiger partial charge in [0.05, 0.1) is 12.0 Å². The molecule has 0 aromatic carbocycles. The molecule has 120 valence electrons. The van der Waals surface area contributed by atoms with Gasteiger partial charge in [0, 0.05) is 4.88 Å². The lowest BCUT2D eigenvalue weighted by atomic mass is 10.0. The zero-order valence-corrected chi connectivity index (χ0v) is 15.2. The summed E-state index contributed by atoms with van der Waals surface area (Å²) in [5.41, 5.74) is 0. The van der Waals surface area contributed by atoms with Gasteiger partial charge in [-0.25, -0.2) is 0 Å². The average Bonchev–Trinajstić information content (AvgIpc) is 3.31. The third-order valence-electron chi connectivity index (χ3n) is 3.75. The summed E-state index contributed by atoms with van der Waals surface area (Å²) in [5, 5.41) is 0. The number of allylic oxidation sites excluding steroid dienone is 1. The Balaban J connectivity index is 1.81. The molecule has 0 bridgehead atoms. The Kier molecular flexibility index (Phi) is 5.42. The first-order chi connectivity index (χ1) is 11.3. The Morgan fingerprint density at radius 3 is 2.43 bits per heavy atom. The number of thiophene rings is 2. The van der Waals surface area contributed by atoms with Gasteiger partial charge >= 0.3 is 0 Å². The molecule has 3 heteroatoms. The van der Waals surface area contributed by atoms with Crippen molar-refractivity contribution in [1.29, 1.82) is 0 Å². The van der Waals surface area contributed by atoms with E-state index in [4.69, 9.17) is 4.42 Å². The van der Waals surface area contributed by atoms with Crippen LogP contribution in [0.25, 0.3) is 6.08 Å². The highest BCUT2D eigenvalue weighted by atomic mass is 32.1. The van der Waals surface area contributed by atoms with Crippen molar-refractivity contribution in [3.63, 3.8) is 0 Å². The molecular formula is C20H21OS2-. The molecule has 1 nitrogen and oxygen atoms in total. The smallest absolute Gasteiger partial charge is 0.0962 e. The molecule has 0 fully saturated rings. The van der Waals surface area contributed by atoms with E-state index in [1.807, 2.05) is 34.8 Å². The minimum atomic E-state index is 0.833. The van der Waals surface area contributed by atoms with Gasteiger partial charge in [0.25, 0.3) is 0 Å². The van der Waals surface area contributed by atoms with Crippen LogP contribution in [0.2, 0.25) is 0 Å². The van der Waals surface area contributed by atoms with E-state index in [9.17, 15) is 0 Å². The Bertz CT molecular complexity index is 746. The fourth-order valence-corrected chi connectivity index (χ4v) is 4.25. The summed E-state index contributed by atoms with van der Waals surface area (Å²) in [7, 11) is 0. The summed E-state index contributed by atoms with van der Waals surface area (Å²) in [6.45, 7) is 4.40. The van der Waals surface area contributed by atoms with Crippen LogP contribution in [0.3, 0.4) is 0 Å². The van der Waals surface area contributed by atoms with Gasteiger partial charge in [-0.15, -0.1) is 24.1 Å². The summed E-state index contributed by atoms with van der Waals surface area (Å²) >= 11 is 3.75. The van der Waals surface area contributed by atoms with Crippen LogP contribution in [0.1, 0.15) is 39.1 Å². The van der Waals surface area contributed by atoms with Gasteiger partial charge in [-0.3, -0.25) is 0 Å². The fraction of sp³-hybridized carbons (Fsp3) is 0.250. The number of hydrogen-bond acceptors (Lipinski definition) is 3. The molecule has 3 rings (SSSR count). The first-order valence-electron chi connectivity index (χ1n) is 8.02. The lowest BCUT2D eigenvalue weighted by Gasteiger charge is -2.17. The maximum Gasteiger partial charge on any atom is 0.0962 e. The van der Waals surface area contributed by atoms with Crippen LogP contribution < -0.4 is 0 Å². The third kappa shape index (κ3) is 4.18. The van der Waals surface area contributed by atoms with Crippen molar-refractivity contribution in [2.24, 2.45) is 0 Å². The minimum absolute atomic E-state index is 0.833. The summed E-state index contributed by atoms with van der Waals surface area (Å²) in [6, 6.07) is 12.9. The molecule has 0 amide bonds. The van der Waals surface area contributed by atoms with Crippen LogP contribution in [0.5, 0.6) is 0 Å². The van der Waals surface area contributed by atoms with E-state index in [0.29, 0.717) is 0 Å². The molecule has 0 aliphatic rings. The molecule has 0 spiro atoms. The molecule has 0 N–H and O–H groups in total. The summed E-state index contributed by atoms with van der Waals surface area (Å²) in [4.78, 5) is 5.50. The lowest BCUT2D eigenvalue weighted by molar-refractivity contribution is 0.516. The molecule has 0 aliphatic heterocycles. The van der Waals surface area contributed by atoms with Crippen molar-refractivity contribution >= 4 is 28.7 Å². The molecule has 3 aromatic rings. The molecule has 0 saturated carbocycles. The van der Waals surface area contributed by atoms with Gasteiger partial charge in [0.2, 0.25) is 0 Å². The normalized spacial score (nSPS) is 11.4. The van der Waals surface area contributed by atoms with Gasteiger partial charge in [0.1, 0.15) is 0 Å². The maximum absolute atomic E-state index is 5.54. The molecule has 23 heavy (non-hydrogen) atoms. The fourth-order valence-electron chi connectivity index (χ4n) is 2.43. The molecule has 0 unspecified atom stereocenters. The van der Waals surface area contributed by atoms with Gasteiger partial charge in [-0.2, -0.15) is 28.7 Å². The van der Waals surface area contributed by atoms with E-state index in [2.05, 4.69) is 50.3 Å². The van der Waals surface area contributed by atoms with Crippen LogP contribution in [-0.2, 0) is 19.3 Å². The molecule has 3 aromatic heterocycles. The molecule has 0 aliphatic carbocycles. The topological polar surface area (TPSA) is 13.1 Å². The molecule has 0 radical (unpaired) electrons. The Labute approximate surface area is 146 Å². The van der Waals surface area contributed by atoms with Gasteiger partial charge in [-0.1, -0.05) is 24.8 Å². The summed E-state index contributed by atoms with van der Waals surface area (Å²) in [5.74, 6) is 2.33. The SMILES string of the molecule is CCc1ccc(/C=C/[C-](Cc2ccco2)c2ccc(CC)s2)s1. The minimum Gasteiger partial charge on any atom is -0.470 e. The molecule has 0 atom stereocenters. The van der Waals surface area contributed by atoms with Crippen LogP contribution in [0.15, 0.2) is 53.2 Å². The maximum atomic E-state index is 5.54. The number of hydrogen-bond donors (Lipinski definition) is 0. The average molecular weight is 342 g/mol. The highest BCUT2D eigenvalue weighted by Gasteiger charge is 2.06.